The first-order valence-corrected chi connectivity index (χ1v) is 6.81. The molecule has 0 aromatic heterocycles. The molecule has 2 aromatic carbocycles. The molecule has 3 nitrogen and oxygen atoms in total. The van der Waals surface area contributed by atoms with Gasteiger partial charge in [0.2, 0.25) is 0 Å². The smallest absolute Gasteiger partial charge is 0.304 e. The molecular formula is C17H18FNO2. The summed E-state index contributed by atoms with van der Waals surface area (Å²) in [6.07, 6.45) is -0.0215. The molecule has 0 aliphatic carbocycles. The molecule has 0 aliphatic heterocycles. The first-order valence-electron chi connectivity index (χ1n) is 6.81. The van der Waals surface area contributed by atoms with Gasteiger partial charge in [0.05, 0.1) is 6.42 Å². The summed E-state index contributed by atoms with van der Waals surface area (Å²) in [6.45, 7) is 0.496. The summed E-state index contributed by atoms with van der Waals surface area (Å²) in [6, 6.07) is 14.0. The van der Waals surface area contributed by atoms with Crippen LogP contribution in [0.2, 0.25) is 0 Å². The molecule has 0 heterocycles. The minimum absolute atomic E-state index is 0.0215. The molecule has 0 amide bonds. The molecule has 0 bridgehead atoms. The molecule has 0 saturated heterocycles. The van der Waals surface area contributed by atoms with E-state index >= 15 is 0 Å². The molecule has 1 atom stereocenters. The van der Waals surface area contributed by atoms with Crippen molar-refractivity contribution < 1.29 is 14.3 Å². The zero-order valence-corrected chi connectivity index (χ0v) is 11.8. The van der Waals surface area contributed by atoms with Crippen LogP contribution >= 0.6 is 0 Å². The normalized spacial score (nSPS) is 12.1. The van der Waals surface area contributed by atoms with Crippen LogP contribution in [0.1, 0.15) is 29.0 Å². The highest BCUT2D eigenvalue weighted by Crippen LogP contribution is 2.31. The SMILES string of the molecule is CNCc1cc(F)ccc1[C@H](CC(=O)O)c1ccccc1. The van der Waals surface area contributed by atoms with Crippen molar-refractivity contribution >= 4 is 5.97 Å². The summed E-state index contributed by atoms with van der Waals surface area (Å²) in [5.41, 5.74) is 2.55. The molecule has 0 spiro atoms. The third kappa shape index (κ3) is 3.89. The van der Waals surface area contributed by atoms with E-state index in [0.717, 1.165) is 16.7 Å². The minimum atomic E-state index is -0.872. The van der Waals surface area contributed by atoms with E-state index in [1.807, 2.05) is 30.3 Å². The first-order chi connectivity index (χ1) is 10.1. The van der Waals surface area contributed by atoms with Gasteiger partial charge >= 0.3 is 5.97 Å². The van der Waals surface area contributed by atoms with Gasteiger partial charge in [0.25, 0.3) is 0 Å². The zero-order valence-electron chi connectivity index (χ0n) is 11.8. The van der Waals surface area contributed by atoms with Gasteiger partial charge in [-0.3, -0.25) is 4.79 Å². The monoisotopic (exact) mass is 287 g/mol. The predicted octanol–water partition coefficient (Wildman–Crippen LogP) is 3.15. The summed E-state index contributed by atoms with van der Waals surface area (Å²) >= 11 is 0. The van der Waals surface area contributed by atoms with Crippen LogP contribution in [0.15, 0.2) is 48.5 Å². The number of rotatable bonds is 6. The highest BCUT2D eigenvalue weighted by Gasteiger charge is 2.20. The topological polar surface area (TPSA) is 49.3 Å². The Morgan fingerprint density at radius 1 is 1.24 bits per heavy atom. The average Bonchev–Trinajstić information content (AvgIpc) is 2.46. The second-order valence-corrected chi connectivity index (χ2v) is 4.93. The fourth-order valence-electron chi connectivity index (χ4n) is 2.53. The van der Waals surface area contributed by atoms with Crippen LogP contribution in [0.4, 0.5) is 4.39 Å². The lowest BCUT2D eigenvalue weighted by molar-refractivity contribution is -0.137. The maximum Gasteiger partial charge on any atom is 0.304 e. The van der Waals surface area contributed by atoms with E-state index in [4.69, 9.17) is 0 Å². The number of hydrogen-bond donors (Lipinski definition) is 2. The van der Waals surface area contributed by atoms with E-state index in [1.54, 1.807) is 13.1 Å². The zero-order chi connectivity index (χ0) is 15.2. The van der Waals surface area contributed by atoms with Crippen molar-refractivity contribution in [3.63, 3.8) is 0 Å². The molecule has 0 fully saturated rings. The van der Waals surface area contributed by atoms with Gasteiger partial charge in [-0.1, -0.05) is 36.4 Å². The van der Waals surface area contributed by atoms with Crippen LogP contribution in [0.25, 0.3) is 0 Å². The van der Waals surface area contributed by atoms with E-state index in [-0.39, 0.29) is 18.2 Å². The fourth-order valence-corrected chi connectivity index (χ4v) is 2.53. The van der Waals surface area contributed by atoms with Crippen molar-refractivity contribution in [2.45, 2.75) is 18.9 Å². The van der Waals surface area contributed by atoms with Gasteiger partial charge in [0.15, 0.2) is 0 Å². The number of hydrogen-bond acceptors (Lipinski definition) is 2. The first kappa shape index (κ1) is 15.2. The Morgan fingerprint density at radius 3 is 2.57 bits per heavy atom. The molecule has 2 N–H and O–H groups in total. The van der Waals surface area contributed by atoms with Gasteiger partial charge in [-0.25, -0.2) is 4.39 Å². The molecule has 0 aliphatic rings. The van der Waals surface area contributed by atoms with Crippen molar-refractivity contribution in [3.05, 3.63) is 71.0 Å². The fraction of sp³-hybridized carbons (Fsp3) is 0.235. The molecular weight excluding hydrogens is 269 g/mol. The largest absolute Gasteiger partial charge is 0.481 e. The number of nitrogens with one attached hydrogen (secondary N) is 1. The number of halogens is 1. The van der Waals surface area contributed by atoms with Crippen molar-refractivity contribution in [2.24, 2.45) is 0 Å². The number of carbonyl (C=O) groups is 1. The van der Waals surface area contributed by atoms with Gasteiger partial charge in [0, 0.05) is 12.5 Å². The molecule has 0 unspecified atom stereocenters. The van der Waals surface area contributed by atoms with Crippen molar-refractivity contribution in [3.8, 4) is 0 Å². The van der Waals surface area contributed by atoms with E-state index < -0.39 is 5.97 Å². The summed E-state index contributed by atoms with van der Waals surface area (Å²) in [4.78, 5) is 11.2. The number of carboxylic acid groups (broad SMARTS) is 1. The molecule has 0 radical (unpaired) electrons. The molecule has 21 heavy (non-hydrogen) atoms. The lowest BCUT2D eigenvalue weighted by Gasteiger charge is -2.20. The molecule has 110 valence electrons. The second kappa shape index (κ2) is 6.99. The summed E-state index contributed by atoms with van der Waals surface area (Å²) in [5, 5.41) is 12.2. The van der Waals surface area contributed by atoms with E-state index in [9.17, 15) is 14.3 Å². The molecule has 0 saturated carbocycles. The van der Waals surface area contributed by atoms with Crippen LogP contribution in [-0.4, -0.2) is 18.1 Å². The standard InChI is InChI=1S/C17H18FNO2/c1-19-11-13-9-14(18)7-8-15(13)16(10-17(20)21)12-5-3-2-4-6-12/h2-9,16,19H,10-11H2,1H3,(H,20,21)/t16-/m1/s1. The maximum atomic E-state index is 13.5. The maximum absolute atomic E-state index is 13.5. The van der Waals surface area contributed by atoms with Crippen LogP contribution in [0, 0.1) is 5.82 Å². The summed E-state index contributed by atoms with van der Waals surface area (Å²) in [5.74, 6) is -1.47. The summed E-state index contributed by atoms with van der Waals surface area (Å²) < 4.78 is 13.5. The van der Waals surface area contributed by atoms with Crippen LogP contribution in [-0.2, 0) is 11.3 Å². The quantitative estimate of drug-likeness (QED) is 0.858. The van der Waals surface area contributed by atoms with Crippen LogP contribution in [0.3, 0.4) is 0 Å². The predicted molar refractivity (Wildman–Crippen MR) is 79.7 cm³/mol. The Hall–Kier alpha value is -2.20. The van der Waals surface area contributed by atoms with Gasteiger partial charge in [-0.2, -0.15) is 0 Å². The molecule has 2 rings (SSSR count). The Bertz CT molecular complexity index is 613. The Balaban J connectivity index is 2.48. The van der Waals surface area contributed by atoms with Gasteiger partial charge < -0.3 is 10.4 Å². The van der Waals surface area contributed by atoms with E-state index in [1.165, 1.54) is 12.1 Å². The van der Waals surface area contributed by atoms with Crippen molar-refractivity contribution in [1.82, 2.24) is 5.32 Å². The second-order valence-electron chi connectivity index (χ2n) is 4.93. The van der Waals surface area contributed by atoms with Crippen molar-refractivity contribution in [1.29, 1.82) is 0 Å². The van der Waals surface area contributed by atoms with Crippen molar-refractivity contribution in [2.75, 3.05) is 7.05 Å². The number of aliphatic carboxylic acids is 1. The van der Waals surface area contributed by atoms with Gasteiger partial charge in [-0.15, -0.1) is 0 Å². The lowest BCUT2D eigenvalue weighted by Crippen LogP contribution is -2.14. The minimum Gasteiger partial charge on any atom is -0.481 e. The highest BCUT2D eigenvalue weighted by atomic mass is 19.1. The number of benzene rings is 2. The Labute approximate surface area is 123 Å². The van der Waals surface area contributed by atoms with Crippen LogP contribution < -0.4 is 5.32 Å². The van der Waals surface area contributed by atoms with E-state index in [0.29, 0.717) is 6.54 Å². The Kier molecular flexibility index (Phi) is 5.06. The van der Waals surface area contributed by atoms with Gasteiger partial charge in [0.1, 0.15) is 5.82 Å². The third-order valence-electron chi connectivity index (χ3n) is 3.43. The summed E-state index contributed by atoms with van der Waals surface area (Å²) in [7, 11) is 1.78. The van der Waals surface area contributed by atoms with E-state index in [2.05, 4.69) is 5.32 Å². The average molecular weight is 287 g/mol. The Morgan fingerprint density at radius 2 is 1.95 bits per heavy atom. The number of carboxylic acids is 1. The highest BCUT2D eigenvalue weighted by molar-refractivity contribution is 5.69. The lowest BCUT2D eigenvalue weighted by atomic mass is 9.85. The molecule has 2 aromatic rings. The van der Waals surface area contributed by atoms with Gasteiger partial charge in [-0.05, 0) is 35.9 Å². The third-order valence-corrected chi connectivity index (χ3v) is 3.43. The molecule has 4 heteroatoms. The van der Waals surface area contributed by atoms with Crippen LogP contribution in [0.5, 0.6) is 0 Å².